The zero-order valence-electron chi connectivity index (χ0n) is 20.8. The van der Waals surface area contributed by atoms with E-state index < -0.39 is 10.3 Å². The fourth-order valence-electron chi connectivity index (χ4n) is 4.34. The maximum absolute atomic E-state index is 11.6. The van der Waals surface area contributed by atoms with Gasteiger partial charge in [0.2, 0.25) is 0 Å². The van der Waals surface area contributed by atoms with Gasteiger partial charge in [-0.05, 0) is 41.2 Å². The first kappa shape index (κ1) is 24.8. The Balaban J connectivity index is 1.98. The molecule has 1 N–H and O–H groups in total. The van der Waals surface area contributed by atoms with Crippen molar-refractivity contribution in [1.82, 2.24) is 0 Å². The molecular formula is C30H29N3O3. The maximum atomic E-state index is 11.6. The van der Waals surface area contributed by atoms with E-state index in [1.54, 1.807) is 18.2 Å². The lowest BCUT2D eigenvalue weighted by atomic mass is 9.69. The van der Waals surface area contributed by atoms with Crippen LogP contribution in [-0.2, 0) is 10.8 Å². The third kappa shape index (κ3) is 4.75. The number of phenols is 1. The van der Waals surface area contributed by atoms with E-state index in [0.29, 0.717) is 5.56 Å². The topological polar surface area (TPSA) is 88.1 Å². The van der Waals surface area contributed by atoms with E-state index in [2.05, 4.69) is 37.9 Å². The molecule has 0 spiro atoms. The standard InChI is InChI=1S/C30H29N3O3/c1-29(2,3)23-19-24(30(4,21-13-7-5-8-14-21)22-15-9-6-10-16-22)28(34)26(20-23)32-31-25-17-11-12-18-27(25)33(35)36/h5-20,34H,1-4H3. The van der Waals surface area contributed by atoms with Gasteiger partial charge in [-0.3, -0.25) is 10.1 Å². The van der Waals surface area contributed by atoms with Gasteiger partial charge in [-0.25, -0.2) is 0 Å². The highest BCUT2D eigenvalue weighted by molar-refractivity contribution is 5.65. The molecule has 0 aliphatic rings. The summed E-state index contributed by atoms with van der Waals surface area (Å²) >= 11 is 0. The van der Waals surface area contributed by atoms with Gasteiger partial charge in [0.05, 0.1) is 4.92 Å². The van der Waals surface area contributed by atoms with Gasteiger partial charge in [0.15, 0.2) is 5.69 Å². The van der Waals surface area contributed by atoms with Gasteiger partial charge in [-0.1, -0.05) is 99.6 Å². The maximum Gasteiger partial charge on any atom is 0.296 e. The van der Waals surface area contributed by atoms with Gasteiger partial charge < -0.3 is 5.11 Å². The fraction of sp³-hybridized carbons (Fsp3) is 0.200. The number of hydrogen-bond donors (Lipinski definition) is 1. The zero-order valence-corrected chi connectivity index (χ0v) is 20.8. The number of phenolic OH excluding ortho intramolecular Hbond substituents is 1. The Morgan fingerprint density at radius 2 is 1.19 bits per heavy atom. The molecule has 0 fully saturated rings. The average molecular weight is 480 g/mol. The molecule has 0 saturated carbocycles. The van der Waals surface area contributed by atoms with Crippen LogP contribution in [0.1, 0.15) is 49.9 Å². The summed E-state index contributed by atoms with van der Waals surface area (Å²) in [6.07, 6.45) is 0. The molecule has 6 heteroatoms. The number of rotatable bonds is 6. The Hall–Kier alpha value is -4.32. The highest BCUT2D eigenvalue weighted by Gasteiger charge is 2.35. The molecule has 4 rings (SSSR count). The Bertz CT molecular complexity index is 1370. The molecule has 6 nitrogen and oxygen atoms in total. The van der Waals surface area contributed by atoms with Gasteiger partial charge in [0.25, 0.3) is 5.69 Å². The van der Waals surface area contributed by atoms with Crippen LogP contribution in [0.5, 0.6) is 5.75 Å². The Morgan fingerprint density at radius 3 is 1.72 bits per heavy atom. The van der Waals surface area contributed by atoms with Crippen molar-refractivity contribution in [2.24, 2.45) is 10.2 Å². The summed E-state index contributed by atoms with van der Waals surface area (Å²) < 4.78 is 0. The second kappa shape index (κ2) is 9.74. The molecule has 0 atom stereocenters. The van der Waals surface area contributed by atoms with Gasteiger partial charge in [0.1, 0.15) is 11.4 Å². The van der Waals surface area contributed by atoms with E-state index in [9.17, 15) is 15.2 Å². The summed E-state index contributed by atoms with van der Waals surface area (Å²) in [5, 5.41) is 31.5. The number of azo groups is 1. The number of hydrogen-bond acceptors (Lipinski definition) is 5. The highest BCUT2D eigenvalue weighted by atomic mass is 16.6. The van der Waals surface area contributed by atoms with Crippen LogP contribution in [0.4, 0.5) is 17.1 Å². The van der Waals surface area contributed by atoms with E-state index in [1.807, 2.05) is 66.7 Å². The van der Waals surface area contributed by atoms with Crippen molar-refractivity contribution in [2.75, 3.05) is 0 Å². The molecule has 0 amide bonds. The van der Waals surface area contributed by atoms with Crippen LogP contribution in [0.25, 0.3) is 0 Å². The van der Waals surface area contributed by atoms with E-state index in [0.717, 1.165) is 16.7 Å². The van der Waals surface area contributed by atoms with E-state index >= 15 is 0 Å². The Labute approximate surface area is 211 Å². The first-order valence-corrected chi connectivity index (χ1v) is 11.8. The van der Waals surface area contributed by atoms with Gasteiger partial charge >= 0.3 is 0 Å². The van der Waals surface area contributed by atoms with Gasteiger partial charge in [0, 0.05) is 17.0 Å². The summed E-state index contributed by atoms with van der Waals surface area (Å²) in [6.45, 7) is 8.36. The zero-order chi connectivity index (χ0) is 25.9. The van der Waals surface area contributed by atoms with Crippen molar-refractivity contribution >= 4 is 17.1 Å². The molecule has 182 valence electrons. The molecule has 36 heavy (non-hydrogen) atoms. The van der Waals surface area contributed by atoms with Crippen LogP contribution in [0, 0.1) is 10.1 Å². The van der Waals surface area contributed by atoms with Crippen LogP contribution in [-0.4, -0.2) is 10.0 Å². The van der Waals surface area contributed by atoms with Crippen LogP contribution >= 0.6 is 0 Å². The lowest BCUT2D eigenvalue weighted by Gasteiger charge is -2.34. The molecule has 0 saturated heterocycles. The molecule has 0 unspecified atom stereocenters. The molecule has 4 aromatic carbocycles. The normalized spacial score (nSPS) is 12.1. The number of nitro groups is 1. The van der Waals surface area contributed by atoms with Crippen LogP contribution < -0.4 is 0 Å². The first-order valence-electron chi connectivity index (χ1n) is 11.8. The molecule has 0 radical (unpaired) electrons. The smallest absolute Gasteiger partial charge is 0.296 e. The summed E-state index contributed by atoms with van der Waals surface area (Å²) in [5.74, 6) is -0.0134. The second-order valence-electron chi connectivity index (χ2n) is 9.94. The number of para-hydroxylation sites is 1. The minimum atomic E-state index is -0.698. The van der Waals surface area contributed by atoms with Crippen molar-refractivity contribution in [2.45, 2.75) is 38.5 Å². The minimum absolute atomic E-state index is 0.0134. The monoisotopic (exact) mass is 479 g/mol. The van der Waals surface area contributed by atoms with Crippen molar-refractivity contribution in [3.63, 3.8) is 0 Å². The number of aromatic hydroxyl groups is 1. The summed E-state index contributed by atoms with van der Waals surface area (Å²) in [6, 6.07) is 30.0. The molecule has 4 aromatic rings. The first-order chi connectivity index (χ1) is 17.1. The number of nitro benzene ring substituents is 1. The van der Waals surface area contributed by atoms with Gasteiger partial charge in [-0.15, -0.1) is 10.2 Å². The summed E-state index contributed by atoms with van der Waals surface area (Å²) in [5.41, 5.74) is 2.96. The predicted molar refractivity (Wildman–Crippen MR) is 143 cm³/mol. The largest absolute Gasteiger partial charge is 0.505 e. The van der Waals surface area contributed by atoms with Crippen molar-refractivity contribution in [3.05, 3.63) is 129 Å². The summed E-state index contributed by atoms with van der Waals surface area (Å²) in [4.78, 5) is 10.9. The van der Waals surface area contributed by atoms with Crippen LogP contribution in [0.15, 0.2) is 107 Å². The molecular weight excluding hydrogens is 450 g/mol. The SMILES string of the molecule is CC(C)(C)c1cc(N=Nc2ccccc2[N+](=O)[O-])c(O)c(C(C)(c2ccccc2)c2ccccc2)c1. The molecule has 0 heterocycles. The molecule has 0 aliphatic heterocycles. The highest BCUT2D eigenvalue weighted by Crippen LogP contribution is 2.48. The Morgan fingerprint density at radius 1 is 0.694 bits per heavy atom. The predicted octanol–water partition coefficient (Wildman–Crippen LogP) is 8.37. The molecule has 0 aromatic heterocycles. The fourth-order valence-corrected chi connectivity index (χ4v) is 4.34. The minimum Gasteiger partial charge on any atom is -0.505 e. The summed E-state index contributed by atoms with van der Waals surface area (Å²) in [7, 11) is 0. The lowest BCUT2D eigenvalue weighted by molar-refractivity contribution is -0.384. The van der Waals surface area contributed by atoms with E-state index in [-0.39, 0.29) is 28.2 Å². The van der Waals surface area contributed by atoms with E-state index in [4.69, 9.17) is 0 Å². The van der Waals surface area contributed by atoms with E-state index in [1.165, 1.54) is 12.1 Å². The van der Waals surface area contributed by atoms with Crippen molar-refractivity contribution in [3.8, 4) is 5.75 Å². The second-order valence-corrected chi connectivity index (χ2v) is 9.94. The van der Waals surface area contributed by atoms with Gasteiger partial charge in [-0.2, -0.15) is 0 Å². The molecule has 0 bridgehead atoms. The average Bonchev–Trinajstić information content (AvgIpc) is 2.88. The number of benzene rings is 4. The number of nitrogens with zero attached hydrogens (tertiary/aromatic N) is 3. The van der Waals surface area contributed by atoms with Crippen molar-refractivity contribution in [1.29, 1.82) is 0 Å². The lowest BCUT2D eigenvalue weighted by Crippen LogP contribution is -2.26. The van der Waals surface area contributed by atoms with Crippen LogP contribution in [0.3, 0.4) is 0 Å². The third-order valence-electron chi connectivity index (χ3n) is 6.54. The quantitative estimate of drug-likeness (QED) is 0.130. The Kier molecular flexibility index (Phi) is 6.71. The van der Waals surface area contributed by atoms with Crippen molar-refractivity contribution < 1.29 is 10.0 Å². The third-order valence-corrected chi connectivity index (χ3v) is 6.54. The molecule has 0 aliphatic carbocycles. The van der Waals surface area contributed by atoms with Crippen LogP contribution in [0.2, 0.25) is 0 Å².